The van der Waals surface area contributed by atoms with E-state index in [1.54, 1.807) is 0 Å². The van der Waals surface area contributed by atoms with Gasteiger partial charge in [0, 0.05) is 0 Å². The van der Waals surface area contributed by atoms with Crippen molar-refractivity contribution >= 4 is 22.8 Å². The summed E-state index contributed by atoms with van der Waals surface area (Å²) < 4.78 is 0. The van der Waals surface area contributed by atoms with Gasteiger partial charge in [-0.3, -0.25) is 9.98 Å². The van der Waals surface area contributed by atoms with E-state index >= 15 is 0 Å². The first kappa shape index (κ1) is 30.1. The molecule has 2 aromatic carbocycles. The van der Waals surface area contributed by atoms with Crippen LogP contribution in [0.3, 0.4) is 0 Å². The number of hydrogen-bond acceptors (Lipinski definition) is 3. The third-order valence-corrected chi connectivity index (χ3v) is 5.15. The van der Waals surface area contributed by atoms with Crippen LogP contribution in [0.25, 0.3) is 0 Å². The van der Waals surface area contributed by atoms with Crippen molar-refractivity contribution in [1.82, 2.24) is 4.98 Å². The fourth-order valence-corrected chi connectivity index (χ4v) is 3.45. The van der Waals surface area contributed by atoms with Gasteiger partial charge in [-0.1, -0.05) is 36.4 Å². The molecular weight excluding hydrogens is 476 g/mol. The molecule has 0 fully saturated rings. The molecule has 0 aliphatic carbocycles. The summed E-state index contributed by atoms with van der Waals surface area (Å²) in [4.78, 5) is 14.7. The van der Waals surface area contributed by atoms with Crippen molar-refractivity contribution in [3.05, 3.63) is 87.7 Å². The van der Waals surface area contributed by atoms with Crippen molar-refractivity contribution in [3.63, 3.8) is 0 Å². The Balaban J connectivity index is 0.00000320. The van der Waals surface area contributed by atoms with Crippen LogP contribution in [0.4, 0.5) is 11.4 Å². The first-order valence-corrected chi connectivity index (χ1v) is 9.98. The van der Waals surface area contributed by atoms with Gasteiger partial charge < -0.3 is 24.8 Å². The zero-order chi connectivity index (χ0) is 21.1. The number of para-hydroxylation sites is 2. The van der Waals surface area contributed by atoms with Gasteiger partial charge in [-0.2, -0.15) is 0 Å². The van der Waals surface area contributed by atoms with E-state index in [0.29, 0.717) is 0 Å². The number of rotatable bonds is 4. The monoisotopic (exact) mass is 504 g/mol. The Bertz CT molecular complexity index is 1010. The molecule has 0 spiro atoms. The molecule has 3 rings (SSSR count). The Morgan fingerprint density at radius 2 is 0.938 bits per heavy atom. The molecular formula is C26H29Cl2N3V. The number of benzene rings is 2. The summed E-state index contributed by atoms with van der Waals surface area (Å²) in [5, 5.41) is 0. The van der Waals surface area contributed by atoms with Crippen LogP contribution in [-0.2, 0) is 18.6 Å². The molecule has 0 aliphatic heterocycles. The molecule has 6 heteroatoms. The van der Waals surface area contributed by atoms with E-state index in [0.717, 1.165) is 39.7 Å². The van der Waals surface area contributed by atoms with E-state index in [4.69, 9.17) is 15.0 Å². The largest absolute Gasteiger partial charge is 2.00 e. The van der Waals surface area contributed by atoms with Crippen molar-refractivity contribution in [2.24, 2.45) is 9.98 Å². The Labute approximate surface area is 216 Å². The van der Waals surface area contributed by atoms with E-state index in [1.807, 2.05) is 13.8 Å². The third kappa shape index (κ3) is 7.05. The zero-order valence-corrected chi connectivity index (χ0v) is 22.6. The average molecular weight is 505 g/mol. The second-order valence-electron chi connectivity index (χ2n) is 7.79. The van der Waals surface area contributed by atoms with E-state index in [1.165, 1.54) is 22.3 Å². The van der Waals surface area contributed by atoms with Gasteiger partial charge in [-0.15, -0.1) is 0 Å². The van der Waals surface area contributed by atoms with Gasteiger partial charge in [0.15, 0.2) is 0 Å². The fourth-order valence-electron chi connectivity index (χ4n) is 3.45. The van der Waals surface area contributed by atoms with Crippen LogP contribution in [0.1, 0.15) is 53.1 Å². The van der Waals surface area contributed by atoms with Crippen molar-refractivity contribution in [2.75, 3.05) is 0 Å². The summed E-state index contributed by atoms with van der Waals surface area (Å²) in [5.74, 6) is 0. The maximum Gasteiger partial charge on any atom is 2.00 e. The van der Waals surface area contributed by atoms with Crippen molar-refractivity contribution in [1.29, 1.82) is 0 Å². The van der Waals surface area contributed by atoms with Crippen LogP contribution in [-0.4, -0.2) is 16.4 Å². The maximum absolute atomic E-state index is 4.90. The molecule has 1 heterocycles. The number of pyridine rings is 1. The molecule has 0 atom stereocenters. The van der Waals surface area contributed by atoms with E-state index in [9.17, 15) is 0 Å². The molecule has 0 saturated heterocycles. The molecule has 1 aromatic heterocycles. The third-order valence-electron chi connectivity index (χ3n) is 5.15. The normalized spacial score (nSPS) is 11.2. The van der Waals surface area contributed by atoms with Crippen LogP contribution >= 0.6 is 0 Å². The first-order valence-electron chi connectivity index (χ1n) is 9.98. The standard InChI is InChI=1S/C26H29N3.2ClH.V/c1-16-14-23(21(6)27-25-17(2)10-8-11-18(25)3)29-24(15-16)22(7)28-26-19(4)12-9-13-20(26)5;;;/h8-15H,1-7H3;2*1H;/q;;;+2/p-2. The summed E-state index contributed by atoms with van der Waals surface area (Å²) in [6, 6.07) is 16.7. The number of halogens is 2. The van der Waals surface area contributed by atoms with Crippen LogP contribution in [0, 0.1) is 34.6 Å². The van der Waals surface area contributed by atoms with Crippen molar-refractivity contribution in [3.8, 4) is 0 Å². The Kier molecular flexibility index (Phi) is 12.2. The van der Waals surface area contributed by atoms with E-state index in [2.05, 4.69) is 83.1 Å². The molecule has 0 saturated carbocycles. The number of hydrogen-bond donors (Lipinski definition) is 0. The van der Waals surface area contributed by atoms with Crippen molar-refractivity contribution < 1.29 is 43.4 Å². The smallest absolute Gasteiger partial charge is 1.00 e. The van der Waals surface area contributed by atoms with Crippen LogP contribution in [0.5, 0.6) is 0 Å². The first-order chi connectivity index (χ1) is 13.8. The predicted octanol–water partition coefficient (Wildman–Crippen LogP) is 0.911. The van der Waals surface area contributed by atoms with Crippen LogP contribution < -0.4 is 24.8 Å². The van der Waals surface area contributed by atoms with Crippen LogP contribution in [0.2, 0.25) is 0 Å². The Morgan fingerprint density at radius 3 is 1.25 bits per heavy atom. The summed E-state index contributed by atoms with van der Waals surface area (Å²) >= 11 is 0. The van der Waals surface area contributed by atoms with Gasteiger partial charge in [-0.05, 0) is 88.4 Å². The van der Waals surface area contributed by atoms with Crippen molar-refractivity contribution in [2.45, 2.75) is 48.5 Å². The molecule has 0 bridgehead atoms. The molecule has 0 amide bonds. The summed E-state index contributed by atoms with van der Waals surface area (Å²) in [6.07, 6.45) is 0. The van der Waals surface area contributed by atoms with Gasteiger partial charge >= 0.3 is 18.6 Å². The van der Waals surface area contributed by atoms with Gasteiger partial charge in [0.1, 0.15) is 0 Å². The molecule has 0 aliphatic rings. The Hall–Kier alpha value is -1.91. The molecule has 0 N–H and O–H groups in total. The quantitative estimate of drug-likeness (QED) is 0.486. The summed E-state index contributed by atoms with van der Waals surface area (Å²) in [6.45, 7) is 14.5. The number of aromatic nitrogens is 1. The maximum atomic E-state index is 4.90. The predicted molar refractivity (Wildman–Crippen MR) is 125 cm³/mol. The van der Waals surface area contributed by atoms with Crippen LogP contribution in [0.15, 0.2) is 58.5 Å². The SMILES string of the molecule is CC(=Nc1c(C)cccc1C)c1cc(C)cc(C(C)=Nc2c(C)cccc2C)n1.[Cl-].[Cl-].[V+2]. The number of aryl methyl sites for hydroxylation is 5. The average Bonchev–Trinajstić information content (AvgIpc) is 2.67. The second kappa shape index (κ2) is 13.0. The van der Waals surface area contributed by atoms with Gasteiger partial charge in [0.2, 0.25) is 0 Å². The zero-order valence-electron chi connectivity index (χ0n) is 19.7. The molecule has 3 nitrogen and oxygen atoms in total. The second-order valence-corrected chi connectivity index (χ2v) is 7.79. The fraction of sp³-hybridized carbons (Fsp3) is 0.269. The topological polar surface area (TPSA) is 37.6 Å². The van der Waals surface area contributed by atoms with Gasteiger partial charge in [-0.25, -0.2) is 4.98 Å². The Morgan fingerprint density at radius 1 is 0.625 bits per heavy atom. The summed E-state index contributed by atoms with van der Waals surface area (Å²) in [5.41, 5.74) is 11.5. The minimum Gasteiger partial charge on any atom is -1.00 e. The van der Waals surface area contributed by atoms with Gasteiger partial charge in [0.25, 0.3) is 0 Å². The molecule has 0 unspecified atom stereocenters. The van der Waals surface area contributed by atoms with E-state index in [-0.39, 0.29) is 43.4 Å². The minimum absolute atomic E-state index is 0. The number of aliphatic imine (C=N–C) groups is 2. The molecule has 32 heavy (non-hydrogen) atoms. The minimum atomic E-state index is 0. The van der Waals surface area contributed by atoms with E-state index < -0.39 is 0 Å². The number of nitrogens with zero attached hydrogens (tertiary/aromatic N) is 3. The molecule has 1 radical (unpaired) electrons. The molecule has 3 aromatic rings. The summed E-state index contributed by atoms with van der Waals surface area (Å²) in [7, 11) is 0. The van der Waals surface area contributed by atoms with Gasteiger partial charge in [0.05, 0.1) is 34.2 Å². The molecule has 167 valence electrons.